The van der Waals surface area contributed by atoms with Crippen molar-refractivity contribution in [1.82, 2.24) is 0 Å². The van der Waals surface area contributed by atoms with Crippen molar-refractivity contribution in [3.8, 4) is 0 Å². The van der Waals surface area contributed by atoms with Gasteiger partial charge in [-0.2, -0.15) is 0 Å². The molecule has 1 unspecified atom stereocenters. The third-order valence-electron chi connectivity index (χ3n) is 4.41. The van der Waals surface area contributed by atoms with E-state index in [1.54, 1.807) is 19.1 Å². The third-order valence-corrected chi connectivity index (χ3v) is 4.41. The van der Waals surface area contributed by atoms with Crippen molar-refractivity contribution >= 4 is 17.3 Å². The summed E-state index contributed by atoms with van der Waals surface area (Å²) in [4.78, 5) is 11.2. The molecular weight excluding hydrogens is 276 g/mol. The Morgan fingerprint density at radius 3 is 2.41 bits per heavy atom. The number of nitrogens with two attached hydrogens (primary N) is 2. The summed E-state index contributed by atoms with van der Waals surface area (Å²) >= 11 is 0. The minimum atomic E-state index is -0.399. The van der Waals surface area contributed by atoms with Crippen LogP contribution >= 0.6 is 0 Å². The molecule has 4 N–H and O–H groups in total. The molecule has 0 aliphatic heterocycles. The van der Waals surface area contributed by atoms with Crippen molar-refractivity contribution in [1.29, 1.82) is 0 Å². The first-order chi connectivity index (χ1) is 10.2. The van der Waals surface area contributed by atoms with Gasteiger partial charge in [0.05, 0.1) is 24.0 Å². The molecule has 1 atom stereocenters. The van der Waals surface area contributed by atoms with E-state index in [1.165, 1.54) is 32.8 Å². The van der Waals surface area contributed by atoms with Crippen LogP contribution in [0.4, 0.5) is 11.4 Å². The first kappa shape index (κ1) is 18.3. The SMILES string of the molecule is CC1CCCC(C)(C)C1.COC(=O)c1ccc(N)c(N)c1C. The molecule has 0 heterocycles. The molecule has 0 aromatic heterocycles. The second-order valence-electron chi connectivity index (χ2n) is 7.10. The number of nitrogen functional groups attached to an aromatic ring is 2. The highest BCUT2D eigenvalue weighted by Gasteiger charge is 2.24. The van der Waals surface area contributed by atoms with Crippen molar-refractivity contribution in [3.05, 3.63) is 23.3 Å². The van der Waals surface area contributed by atoms with Gasteiger partial charge in [-0.1, -0.05) is 33.6 Å². The van der Waals surface area contributed by atoms with Crippen molar-refractivity contribution in [2.75, 3.05) is 18.6 Å². The number of anilines is 2. The summed E-state index contributed by atoms with van der Waals surface area (Å²) in [6, 6.07) is 3.20. The highest BCUT2D eigenvalue weighted by atomic mass is 16.5. The molecule has 0 spiro atoms. The number of carbonyl (C=O) groups excluding carboxylic acids is 1. The monoisotopic (exact) mass is 306 g/mol. The van der Waals surface area contributed by atoms with Gasteiger partial charge in [0.25, 0.3) is 0 Å². The smallest absolute Gasteiger partial charge is 0.338 e. The van der Waals surface area contributed by atoms with Crippen LogP contribution in [0.2, 0.25) is 0 Å². The Hall–Kier alpha value is -1.71. The predicted molar refractivity (Wildman–Crippen MR) is 92.8 cm³/mol. The molecule has 22 heavy (non-hydrogen) atoms. The summed E-state index contributed by atoms with van der Waals surface area (Å²) in [5.74, 6) is 0.581. The van der Waals surface area contributed by atoms with E-state index in [4.69, 9.17) is 11.5 Å². The minimum absolute atomic E-state index is 0.399. The number of hydrogen-bond acceptors (Lipinski definition) is 4. The Morgan fingerprint density at radius 2 is 1.95 bits per heavy atom. The molecule has 4 nitrogen and oxygen atoms in total. The first-order valence-corrected chi connectivity index (χ1v) is 7.91. The average Bonchev–Trinajstić information content (AvgIpc) is 2.43. The Bertz CT molecular complexity index is 524. The fraction of sp³-hybridized carbons (Fsp3) is 0.611. The van der Waals surface area contributed by atoms with Crippen LogP contribution in [0.3, 0.4) is 0 Å². The molecule has 0 amide bonds. The second kappa shape index (κ2) is 7.52. The van der Waals surface area contributed by atoms with Gasteiger partial charge in [-0.3, -0.25) is 0 Å². The zero-order valence-corrected chi connectivity index (χ0v) is 14.5. The zero-order valence-electron chi connectivity index (χ0n) is 14.5. The molecule has 0 bridgehead atoms. The van der Waals surface area contributed by atoms with E-state index < -0.39 is 5.97 Å². The van der Waals surface area contributed by atoms with Crippen LogP contribution < -0.4 is 11.5 Å². The Morgan fingerprint density at radius 1 is 1.32 bits per heavy atom. The summed E-state index contributed by atoms with van der Waals surface area (Å²) in [6.45, 7) is 8.89. The van der Waals surface area contributed by atoms with Crippen LogP contribution in [-0.4, -0.2) is 13.1 Å². The Balaban J connectivity index is 0.000000235. The van der Waals surface area contributed by atoms with Crippen molar-refractivity contribution in [2.24, 2.45) is 11.3 Å². The molecule has 1 aromatic rings. The lowest BCUT2D eigenvalue weighted by molar-refractivity contribution is 0.0600. The fourth-order valence-electron chi connectivity index (χ4n) is 3.16. The number of benzene rings is 1. The van der Waals surface area contributed by atoms with Crippen molar-refractivity contribution in [2.45, 2.75) is 53.4 Å². The van der Waals surface area contributed by atoms with Crippen molar-refractivity contribution < 1.29 is 9.53 Å². The summed E-state index contributed by atoms with van der Waals surface area (Å²) in [5.41, 5.74) is 13.9. The van der Waals surface area contributed by atoms with Crippen LogP contribution in [-0.2, 0) is 4.74 Å². The summed E-state index contributed by atoms with van der Waals surface area (Å²) in [5, 5.41) is 0. The van der Waals surface area contributed by atoms with Gasteiger partial charge in [0.2, 0.25) is 0 Å². The molecule has 1 aliphatic carbocycles. The van der Waals surface area contributed by atoms with Gasteiger partial charge in [0.1, 0.15) is 0 Å². The minimum Gasteiger partial charge on any atom is -0.465 e. The van der Waals surface area contributed by atoms with Gasteiger partial charge in [-0.25, -0.2) is 4.79 Å². The van der Waals surface area contributed by atoms with E-state index in [0.29, 0.717) is 27.9 Å². The zero-order chi connectivity index (χ0) is 16.9. The van der Waals surface area contributed by atoms with E-state index in [0.717, 1.165) is 5.92 Å². The quantitative estimate of drug-likeness (QED) is 0.603. The molecule has 1 aromatic carbocycles. The maximum atomic E-state index is 11.2. The first-order valence-electron chi connectivity index (χ1n) is 7.91. The summed E-state index contributed by atoms with van der Waals surface area (Å²) in [6.07, 6.45) is 5.79. The maximum absolute atomic E-state index is 11.2. The molecule has 1 aliphatic rings. The fourth-order valence-corrected chi connectivity index (χ4v) is 3.16. The second-order valence-corrected chi connectivity index (χ2v) is 7.10. The summed E-state index contributed by atoms with van der Waals surface area (Å²) < 4.78 is 4.58. The van der Waals surface area contributed by atoms with E-state index >= 15 is 0 Å². The number of carbonyl (C=O) groups is 1. The van der Waals surface area contributed by atoms with E-state index in [-0.39, 0.29) is 0 Å². The van der Waals surface area contributed by atoms with E-state index in [9.17, 15) is 4.79 Å². The lowest BCUT2D eigenvalue weighted by Crippen LogP contribution is -2.20. The van der Waals surface area contributed by atoms with Crippen molar-refractivity contribution in [3.63, 3.8) is 0 Å². The lowest BCUT2D eigenvalue weighted by atomic mass is 9.73. The molecule has 4 heteroatoms. The highest BCUT2D eigenvalue weighted by Crippen LogP contribution is 2.37. The normalized spacial score (nSPS) is 19.8. The molecule has 0 saturated heterocycles. The van der Waals surface area contributed by atoms with Gasteiger partial charge in [-0.05, 0) is 48.8 Å². The summed E-state index contributed by atoms with van der Waals surface area (Å²) in [7, 11) is 1.33. The van der Waals surface area contributed by atoms with Gasteiger partial charge >= 0.3 is 5.97 Å². The lowest BCUT2D eigenvalue weighted by Gasteiger charge is -2.33. The van der Waals surface area contributed by atoms with E-state index in [2.05, 4.69) is 25.5 Å². The molecular formula is C18H30N2O2. The average molecular weight is 306 g/mol. The maximum Gasteiger partial charge on any atom is 0.338 e. The topological polar surface area (TPSA) is 78.3 Å². The van der Waals surface area contributed by atoms with Gasteiger partial charge in [-0.15, -0.1) is 0 Å². The predicted octanol–water partition coefficient (Wildman–Crippen LogP) is 4.17. The van der Waals surface area contributed by atoms with Crippen LogP contribution in [0.5, 0.6) is 0 Å². The number of hydrogen-bond donors (Lipinski definition) is 2. The highest BCUT2D eigenvalue weighted by molar-refractivity contribution is 5.94. The largest absolute Gasteiger partial charge is 0.465 e. The number of methoxy groups -OCH3 is 1. The van der Waals surface area contributed by atoms with Crippen LogP contribution in [0.15, 0.2) is 12.1 Å². The number of rotatable bonds is 1. The molecule has 0 radical (unpaired) electrons. The Kier molecular flexibility index (Phi) is 6.27. The van der Waals surface area contributed by atoms with Crippen LogP contribution in [0, 0.1) is 18.3 Å². The number of esters is 1. The molecule has 2 rings (SSSR count). The van der Waals surface area contributed by atoms with Crippen LogP contribution in [0.25, 0.3) is 0 Å². The van der Waals surface area contributed by atoms with E-state index in [1.807, 2.05) is 0 Å². The molecule has 1 fully saturated rings. The molecule has 124 valence electrons. The van der Waals surface area contributed by atoms with Gasteiger partial charge in [0, 0.05) is 0 Å². The standard InChI is InChI=1S/C9H12N2O2.C9H18/c1-5-6(9(12)13-2)3-4-7(10)8(5)11;1-8-5-4-6-9(2,3)7-8/h3-4H,10-11H2,1-2H3;8H,4-7H2,1-3H3. The van der Waals surface area contributed by atoms with Crippen LogP contribution in [0.1, 0.15) is 62.4 Å². The third kappa shape index (κ3) is 4.93. The number of ether oxygens (including phenoxy) is 1. The van der Waals surface area contributed by atoms with Gasteiger partial charge in [0.15, 0.2) is 0 Å². The Labute approximate surface area is 134 Å². The van der Waals surface area contributed by atoms with Gasteiger partial charge < -0.3 is 16.2 Å². The molecule has 1 saturated carbocycles.